The average Bonchev–Trinajstić information content (AvgIpc) is 2.84. The van der Waals surface area contributed by atoms with Gasteiger partial charge in [-0.05, 0) is 36.4 Å². The van der Waals surface area contributed by atoms with Crippen LogP contribution in [0.15, 0.2) is 78.0 Å². The van der Waals surface area contributed by atoms with Gasteiger partial charge in [-0.1, -0.05) is 24.3 Å². The van der Waals surface area contributed by atoms with Crippen LogP contribution in [0.2, 0.25) is 0 Å². The molecule has 0 spiro atoms. The van der Waals surface area contributed by atoms with Crippen LogP contribution in [0.5, 0.6) is 0 Å². The molecular formula is C22H20N6O2S. The number of rotatable bonds is 4. The molecule has 8 nitrogen and oxygen atoms in total. The molecule has 0 unspecified atom stereocenters. The SMILES string of the molecule is O=S(=O)(c1cccc2cccnc12)N1CCN(c2ccc(-c3ccccn3)nn2)CC1. The van der Waals surface area contributed by atoms with E-state index in [1.165, 1.54) is 4.31 Å². The van der Waals surface area contributed by atoms with Gasteiger partial charge in [0.05, 0.1) is 11.2 Å². The van der Waals surface area contributed by atoms with E-state index in [0.717, 1.165) is 16.9 Å². The fraction of sp³-hybridized carbons (Fsp3) is 0.182. The Morgan fingerprint density at radius 2 is 1.52 bits per heavy atom. The lowest BCUT2D eigenvalue weighted by Gasteiger charge is -2.34. The molecule has 0 saturated carbocycles. The third kappa shape index (κ3) is 3.73. The normalized spacial score (nSPS) is 15.3. The van der Waals surface area contributed by atoms with Gasteiger partial charge in [-0.15, -0.1) is 10.2 Å². The fourth-order valence-electron chi connectivity index (χ4n) is 3.73. The minimum Gasteiger partial charge on any atom is -0.352 e. The number of hydrogen-bond acceptors (Lipinski definition) is 7. The van der Waals surface area contributed by atoms with E-state index in [9.17, 15) is 8.42 Å². The first-order chi connectivity index (χ1) is 15.1. The summed E-state index contributed by atoms with van der Waals surface area (Å²) in [5.41, 5.74) is 1.97. The van der Waals surface area contributed by atoms with Crippen molar-refractivity contribution in [2.45, 2.75) is 4.90 Å². The third-order valence-electron chi connectivity index (χ3n) is 5.35. The Morgan fingerprint density at radius 1 is 0.710 bits per heavy atom. The van der Waals surface area contributed by atoms with Crippen molar-refractivity contribution < 1.29 is 8.42 Å². The van der Waals surface area contributed by atoms with Crippen LogP contribution in [0, 0.1) is 0 Å². The standard InChI is InChI=1S/C22H20N6O2S/c29-31(30,20-8-3-5-17-6-4-12-24-22(17)20)28-15-13-27(14-16-28)21-10-9-19(25-26-21)18-7-1-2-11-23-18/h1-12H,13-16H2. The zero-order chi connectivity index (χ0) is 21.3. The zero-order valence-electron chi connectivity index (χ0n) is 16.7. The summed E-state index contributed by atoms with van der Waals surface area (Å²) in [4.78, 5) is 10.9. The van der Waals surface area contributed by atoms with Crippen LogP contribution in [0.4, 0.5) is 5.82 Å². The Bertz CT molecular complexity index is 1300. The second kappa shape index (κ2) is 8.01. The molecule has 1 aliphatic rings. The quantitative estimate of drug-likeness (QED) is 0.489. The molecular weight excluding hydrogens is 412 g/mol. The lowest BCUT2D eigenvalue weighted by molar-refractivity contribution is 0.384. The smallest absolute Gasteiger partial charge is 0.245 e. The summed E-state index contributed by atoms with van der Waals surface area (Å²) >= 11 is 0. The summed E-state index contributed by atoms with van der Waals surface area (Å²) in [6.07, 6.45) is 3.34. The molecule has 0 bridgehead atoms. The molecule has 1 fully saturated rings. The molecule has 0 atom stereocenters. The number of nitrogens with zero attached hydrogens (tertiary/aromatic N) is 6. The van der Waals surface area contributed by atoms with Gasteiger partial charge in [-0.2, -0.15) is 4.31 Å². The number of para-hydroxylation sites is 1. The van der Waals surface area contributed by atoms with Gasteiger partial charge in [0.2, 0.25) is 10.0 Å². The monoisotopic (exact) mass is 432 g/mol. The van der Waals surface area contributed by atoms with Crippen molar-refractivity contribution in [3.05, 3.63) is 73.1 Å². The molecule has 5 rings (SSSR count). The van der Waals surface area contributed by atoms with Crippen molar-refractivity contribution >= 4 is 26.7 Å². The Balaban J connectivity index is 1.32. The summed E-state index contributed by atoms with van der Waals surface area (Å²) in [5, 5.41) is 9.41. The van der Waals surface area contributed by atoms with E-state index in [-0.39, 0.29) is 4.90 Å². The van der Waals surface area contributed by atoms with Crippen LogP contribution < -0.4 is 4.90 Å². The first-order valence-corrected chi connectivity index (χ1v) is 11.4. The summed E-state index contributed by atoms with van der Waals surface area (Å²) < 4.78 is 28.1. The second-order valence-corrected chi connectivity index (χ2v) is 9.12. The number of sulfonamides is 1. The van der Waals surface area contributed by atoms with E-state index in [4.69, 9.17) is 0 Å². The minimum absolute atomic E-state index is 0.249. The molecule has 1 aromatic carbocycles. The van der Waals surface area contributed by atoms with Crippen molar-refractivity contribution in [3.8, 4) is 11.4 Å². The number of fused-ring (bicyclic) bond motifs is 1. The maximum Gasteiger partial charge on any atom is 0.245 e. The molecule has 31 heavy (non-hydrogen) atoms. The third-order valence-corrected chi connectivity index (χ3v) is 7.28. The number of piperazine rings is 1. The Kier molecular flexibility index (Phi) is 5.05. The van der Waals surface area contributed by atoms with E-state index >= 15 is 0 Å². The molecule has 0 aliphatic carbocycles. The van der Waals surface area contributed by atoms with E-state index in [0.29, 0.717) is 37.4 Å². The minimum atomic E-state index is -3.64. The van der Waals surface area contributed by atoms with E-state index in [1.54, 1.807) is 30.6 Å². The fourth-order valence-corrected chi connectivity index (χ4v) is 5.31. The molecule has 0 amide bonds. The zero-order valence-corrected chi connectivity index (χ0v) is 17.5. The highest BCUT2D eigenvalue weighted by Gasteiger charge is 2.30. The maximum atomic E-state index is 13.3. The Labute approximate surface area is 180 Å². The second-order valence-electron chi connectivity index (χ2n) is 7.21. The lowest BCUT2D eigenvalue weighted by atomic mass is 10.2. The largest absolute Gasteiger partial charge is 0.352 e. The van der Waals surface area contributed by atoms with Gasteiger partial charge < -0.3 is 4.90 Å². The van der Waals surface area contributed by atoms with Gasteiger partial charge in [-0.25, -0.2) is 8.42 Å². The van der Waals surface area contributed by atoms with Gasteiger partial charge in [-0.3, -0.25) is 9.97 Å². The molecule has 0 N–H and O–H groups in total. The topological polar surface area (TPSA) is 92.2 Å². The number of benzene rings is 1. The number of aromatic nitrogens is 4. The molecule has 4 heterocycles. The number of pyridine rings is 2. The van der Waals surface area contributed by atoms with Crippen LogP contribution in [-0.2, 0) is 10.0 Å². The highest BCUT2D eigenvalue weighted by Crippen LogP contribution is 2.25. The van der Waals surface area contributed by atoms with Gasteiger partial charge in [0.25, 0.3) is 0 Å². The molecule has 1 aliphatic heterocycles. The molecule has 9 heteroatoms. The van der Waals surface area contributed by atoms with Crippen LogP contribution in [0.1, 0.15) is 0 Å². The van der Waals surface area contributed by atoms with Gasteiger partial charge >= 0.3 is 0 Å². The van der Waals surface area contributed by atoms with Gasteiger partial charge in [0.1, 0.15) is 10.6 Å². The molecule has 1 saturated heterocycles. The van der Waals surface area contributed by atoms with E-state index < -0.39 is 10.0 Å². The Hall–Kier alpha value is -3.43. The van der Waals surface area contributed by atoms with Crippen LogP contribution in [0.3, 0.4) is 0 Å². The first-order valence-electron chi connectivity index (χ1n) is 9.97. The van der Waals surface area contributed by atoms with Crippen molar-refractivity contribution in [1.82, 2.24) is 24.5 Å². The molecule has 3 aromatic heterocycles. The number of hydrogen-bond donors (Lipinski definition) is 0. The predicted octanol–water partition coefficient (Wildman–Crippen LogP) is 2.60. The van der Waals surface area contributed by atoms with Crippen LogP contribution in [-0.4, -0.2) is 59.1 Å². The van der Waals surface area contributed by atoms with Gasteiger partial charge in [0.15, 0.2) is 5.82 Å². The predicted molar refractivity (Wildman–Crippen MR) is 118 cm³/mol. The molecule has 156 valence electrons. The maximum absolute atomic E-state index is 13.3. The highest BCUT2D eigenvalue weighted by atomic mass is 32.2. The van der Waals surface area contributed by atoms with Crippen molar-refractivity contribution in [2.24, 2.45) is 0 Å². The summed E-state index contributed by atoms with van der Waals surface area (Å²) in [6, 6.07) is 18.3. The highest BCUT2D eigenvalue weighted by molar-refractivity contribution is 7.89. The summed E-state index contributed by atoms with van der Waals surface area (Å²) in [6.45, 7) is 1.81. The summed E-state index contributed by atoms with van der Waals surface area (Å²) in [5.74, 6) is 0.726. The van der Waals surface area contributed by atoms with Crippen molar-refractivity contribution in [3.63, 3.8) is 0 Å². The molecule has 4 aromatic rings. The molecule has 0 radical (unpaired) electrons. The van der Waals surface area contributed by atoms with Gasteiger partial charge in [0, 0.05) is 44.0 Å². The number of anilines is 1. The average molecular weight is 433 g/mol. The Morgan fingerprint density at radius 3 is 2.26 bits per heavy atom. The van der Waals surface area contributed by atoms with Crippen LogP contribution in [0.25, 0.3) is 22.3 Å². The van der Waals surface area contributed by atoms with Crippen molar-refractivity contribution in [1.29, 1.82) is 0 Å². The van der Waals surface area contributed by atoms with E-state index in [2.05, 4.69) is 20.2 Å². The first kappa shape index (κ1) is 19.5. The lowest BCUT2D eigenvalue weighted by Crippen LogP contribution is -2.49. The summed E-state index contributed by atoms with van der Waals surface area (Å²) in [7, 11) is -3.64. The van der Waals surface area contributed by atoms with Crippen LogP contribution >= 0.6 is 0 Å². The van der Waals surface area contributed by atoms with Crippen molar-refractivity contribution in [2.75, 3.05) is 31.1 Å². The van der Waals surface area contributed by atoms with E-state index in [1.807, 2.05) is 47.4 Å².